The van der Waals surface area contributed by atoms with E-state index in [1.165, 1.54) is 20.5 Å². The zero-order chi connectivity index (χ0) is 15.7. The van der Waals surface area contributed by atoms with E-state index in [2.05, 4.69) is 31.0 Å². The van der Waals surface area contributed by atoms with Gasteiger partial charge in [0.1, 0.15) is 0 Å². The van der Waals surface area contributed by atoms with Crippen LogP contribution in [0.15, 0.2) is 43.0 Å². The second-order valence-electron chi connectivity index (χ2n) is 5.84. The normalized spacial score (nSPS) is 16.1. The lowest BCUT2D eigenvalue weighted by molar-refractivity contribution is -0.118. The summed E-state index contributed by atoms with van der Waals surface area (Å²) in [6.07, 6.45) is 8.32. The van der Waals surface area contributed by atoms with E-state index < -0.39 is 5.54 Å². The number of allylic oxidation sites excluding steroid dienone is 3. The molecule has 0 unspecified atom stereocenters. The van der Waals surface area contributed by atoms with Gasteiger partial charge in [-0.3, -0.25) is 4.79 Å². The van der Waals surface area contributed by atoms with Crippen LogP contribution in [0.2, 0.25) is 0 Å². The molecule has 3 N–H and O–H groups in total. The summed E-state index contributed by atoms with van der Waals surface area (Å²) in [4.78, 5) is 13.4. The number of anilines is 1. The van der Waals surface area contributed by atoms with Crippen molar-refractivity contribution in [3.8, 4) is 0 Å². The molecule has 1 saturated carbocycles. The fourth-order valence-electron chi connectivity index (χ4n) is 2.43. The first-order chi connectivity index (χ1) is 10.5. The third kappa shape index (κ3) is 2.85. The highest BCUT2D eigenvalue weighted by Gasteiger charge is 2.45. The van der Waals surface area contributed by atoms with E-state index >= 15 is 0 Å². The molecule has 0 spiro atoms. The standard InChI is InChI=1S/C18H20N2OS/c1-3-4-5-6-15-12(2)14-11-13(7-8-16(14)22-15)20-17(21)18(19)9-10-18/h3-5,7-8,11H,1,6,9-10,19H2,2H3,(H,20,21). The number of thiophene rings is 1. The van der Waals surface area contributed by atoms with E-state index in [0.29, 0.717) is 0 Å². The molecule has 1 heterocycles. The smallest absolute Gasteiger partial charge is 0.244 e. The Morgan fingerprint density at radius 1 is 1.50 bits per heavy atom. The van der Waals surface area contributed by atoms with E-state index in [0.717, 1.165) is 24.9 Å². The van der Waals surface area contributed by atoms with E-state index in [1.807, 2.05) is 18.2 Å². The van der Waals surface area contributed by atoms with Gasteiger partial charge < -0.3 is 11.1 Å². The lowest BCUT2D eigenvalue weighted by Crippen LogP contribution is -2.37. The monoisotopic (exact) mass is 312 g/mol. The highest BCUT2D eigenvalue weighted by atomic mass is 32.1. The summed E-state index contributed by atoms with van der Waals surface area (Å²) in [5.74, 6) is -0.0751. The molecule has 3 rings (SSSR count). The average molecular weight is 312 g/mol. The number of hydrogen-bond acceptors (Lipinski definition) is 3. The van der Waals surface area contributed by atoms with Crippen molar-refractivity contribution in [1.82, 2.24) is 0 Å². The van der Waals surface area contributed by atoms with Gasteiger partial charge in [-0.2, -0.15) is 0 Å². The highest BCUT2D eigenvalue weighted by molar-refractivity contribution is 7.19. The van der Waals surface area contributed by atoms with Crippen LogP contribution >= 0.6 is 11.3 Å². The largest absolute Gasteiger partial charge is 0.324 e. The van der Waals surface area contributed by atoms with Gasteiger partial charge in [-0.05, 0) is 48.9 Å². The highest BCUT2D eigenvalue weighted by Crippen LogP contribution is 2.35. The van der Waals surface area contributed by atoms with Gasteiger partial charge in [0.15, 0.2) is 0 Å². The quantitative estimate of drug-likeness (QED) is 0.822. The maximum atomic E-state index is 12.0. The Balaban J connectivity index is 1.85. The Labute approximate surface area is 134 Å². The van der Waals surface area contributed by atoms with Gasteiger partial charge in [-0.25, -0.2) is 0 Å². The van der Waals surface area contributed by atoms with Crippen LogP contribution in [0.4, 0.5) is 5.69 Å². The molecule has 0 atom stereocenters. The molecule has 3 nitrogen and oxygen atoms in total. The summed E-state index contributed by atoms with van der Waals surface area (Å²) >= 11 is 1.80. The van der Waals surface area contributed by atoms with Crippen LogP contribution in [-0.4, -0.2) is 11.4 Å². The molecule has 1 amide bonds. The third-order valence-corrected chi connectivity index (χ3v) is 5.40. The summed E-state index contributed by atoms with van der Waals surface area (Å²) in [6, 6.07) is 6.07. The first-order valence-corrected chi connectivity index (χ1v) is 8.25. The molecule has 1 aliphatic carbocycles. The van der Waals surface area contributed by atoms with Crippen LogP contribution in [0, 0.1) is 6.92 Å². The fourth-order valence-corrected chi connectivity index (χ4v) is 3.60. The van der Waals surface area contributed by atoms with Gasteiger partial charge in [0, 0.05) is 21.7 Å². The van der Waals surface area contributed by atoms with Crippen molar-refractivity contribution in [1.29, 1.82) is 0 Å². The van der Waals surface area contributed by atoms with Gasteiger partial charge in [-0.15, -0.1) is 11.3 Å². The van der Waals surface area contributed by atoms with Crippen molar-refractivity contribution in [2.45, 2.75) is 31.7 Å². The maximum absolute atomic E-state index is 12.0. The second-order valence-corrected chi connectivity index (χ2v) is 6.98. The van der Waals surface area contributed by atoms with Crippen LogP contribution < -0.4 is 11.1 Å². The predicted octanol–water partition coefficient (Wildman–Crippen LogP) is 3.92. The molecule has 1 aromatic carbocycles. The molecule has 22 heavy (non-hydrogen) atoms. The summed E-state index contributed by atoms with van der Waals surface area (Å²) in [7, 11) is 0. The predicted molar refractivity (Wildman–Crippen MR) is 94.4 cm³/mol. The Hall–Kier alpha value is -1.91. The summed E-state index contributed by atoms with van der Waals surface area (Å²) in [5, 5.41) is 4.14. The molecule has 114 valence electrons. The lowest BCUT2D eigenvalue weighted by atomic mass is 10.1. The fraction of sp³-hybridized carbons (Fsp3) is 0.278. The number of rotatable bonds is 5. The number of fused-ring (bicyclic) bond motifs is 1. The van der Waals surface area contributed by atoms with E-state index in [4.69, 9.17) is 5.73 Å². The SMILES string of the molecule is C=CC=CCc1sc2ccc(NC(=O)C3(N)CC3)cc2c1C. The van der Waals surface area contributed by atoms with Crippen molar-refractivity contribution in [3.63, 3.8) is 0 Å². The molecule has 1 aliphatic rings. The first-order valence-electron chi connectivity index (χ1n) is 7.43. The van der Waals surface area contributed by atoms with Crippen molar-refractivity contribution < 1.29 is 4.79 Å². The molecule has 1 fully saturated rings. The molecule has 0 aliphatic heterocycles. The minimum Gasteiger partial charge on any atom is -0.324 e. The number of amides is 1. The van der Waals surface area contributed by atoms with Crippen molar-refractivity contribution in [2.24, 2.45) is 5.73 Å². The second kappa shape index (κ2) is 5.71. The Morgan fingerprint density at radius 2 is 2.27 bits per heavy atom. The number of aryl methyl sites for hydroxylation is 1. The Bertz CT molecular complexity index is 769. The van der Waals surface area contributed by atoms with Crippen LogP contribution in [0.1, 0.15) is 23.3 Å². The topological polar surface area (TPSA) is 55.1 Å². The number of nitrogens with one attached hydrogen (secondary N) is 1. The molecular weight excluding hydrogens is 292 g/mol. The van der Waals surface area contributed by atoms with Gasteiger partial charge >= 0.3 is 0 Å². The zero-order valence-electron chi connectivity index (χ0n) is 12.7. The maximum Gasteiger partial charge on any atom is 0.244 e. The number of hydrogen-bond donors (Lipinski definition) is 2. The van der Waals surface area contributed by atoms with Gasteiger partial charge in [-0.1, -0.05) is 24.8 Å². The molecule has 4 heteroatoms. The van der Waals surface area contributed by atoms with E-state index in [1.54, 1.807) is 17.4 Å². The lowest BCUT2D eigenvalue weighted by Gasteiger charge is -2.10. The van der Waals surface area contributed by atoms with Crippen LogP contribution in [-0.2, 0) is 11.2 Å². The molecular formula is C18H20N2OS. The number of benzene rings is 1. The van der Waals surface area contributed by atoms with Crippen molar-refractivity contribution >= 4 is 33.0 Å². The molecule has 2 aromatic rings. The molecule has 0 saturated heterocycles. The zero-order valence-corrected chi connectivity index (χ0v) is 13.5. The minimum absolute atomic E-state index is 0.0751. The first kappa shape index (κ1) is 15.0. The van der Waals surface area contributed by atoms with Crippen LogP contribution in [0.3, 0.4) is 0 Å². The van der Waals surface area contributed by atoms with Gasteiger partial charge in [0.05, 0.1) is 5.54 Å². The molecule has 0 radical (unpaired) electrons. The molecule has 1 aromatic heterocycles. The van der Waals surface area contributed by atoms with Crippen LogP contribution in [0.5, 0.6) is 0 Å². The third-order valence-electron chi connectivity index (χ3n) is 4.11. The van der Waals surface area contributed by atoms with Crippen molar-refractivity contribution in [2.75, 3.05) is 5.32 Å². The van der Waals surface area contributed by atoms with Gasteiger partial charge in [0.25, 0.3) is 0 Å². The van der Waals surface area contributed by atoms with Gasteiger partial charge in [0.2, 0.25) is 5.91 Å². The summed E-state index contributed by atoms with van der Waals surface area (Å²) in [5.41, 5.74) is 7.39. The van der Waals surface area contributed by atoms with Crippen molar-refractivity contribution in [3.05, 3.63) is 53.4 Å². The number of nitrogens with two attached hydrogens (primary N) is 1. The summed E-state index contributed by atoms with van der Waals surface area (Å²) in [6.45, 7) is 5.82. The Morgan fingerprint density at radius 3 is 2.95 bits per heavy atom. The minimum atomic E-state index is -0.640. The Kier molecular flexibility index (Phi) is 3.89. The average Bonchev–Trinajstić information content (AvgIpc) is 3.18. The summed E-state index contributed by atoms with van der Waals surface area (Å²) < 4.78 is 1.24. The van der Waals surface area contributed by atoms with E-state index in [9.17, 15) is 4.79 Å². The van der Waals surface area contributed by atoms with Crippen LogP contribution in [0.25, 0.3) is 10.1 Å². The number of carbonyl (C=O) groups is 1. The van der Waals surface area contributed by atoms with E-state index in [-0.39, 0.29) is 5.91 Å². The molecule has 0 bridgehead atoms. The number of carbonyl (C=O) groups excluding carboxylic acids is 1.